The highest BCUT2D eigenvalue weighted by atomic mass is 28.4. The van der Waals surface area contributed by atoms with Gasteiger partial charge in [-0.25, -0.2) is 4.39 Å². The van der Waals surface area contributed by atoms with Crippen LogP contribution in [0.25, 0.3) is 0 Å². The summed E-state index contributed by atoms with van der Waals surface area (Å²) in [5.74, 6) is 0. The van der Waals surface area contributed by atoms with Gasteiger partial charge in [0.05, 0.1) is 12.6 Å². The first-order chi connectivity index (χ1) is 7.56. The molecule has 0 aliphatic carbocycles. The Kier molecular flexibility index (Phi) is 4.45. The van der Waals surface area contributed by atoms with E-state index in [1.807, 2.05) is 0 Å². The first-order valence-corrected chi connectivity index (χ1v) is 9.08. The van der Waals surface area contributed by atoms with Crippen molar-refractivity contribution < 1.29 is 18.7 Å². The monoisotopic (exact) mass is 262 g/mol. The number of hydrogen-bond donors (Lipinski definition) is 1. The molecular weight excluding hydrogens is 238 g/mol. The molecule has 1 rings (SSSR count). The molecule has 1 saturated heterocycles. The molecule has 0 aromatic heterocycles. The van der Waals surface area contributed by atoms with Crippen LogP contribution in [0.3, 0.4) is 0 Å². The van der Waals surface area contributed by atoms with Crippen molar-refractivity contribution in [3.05, 3.63) is 0 Å². The normalized spacial score (nSPS) is 35.2. The van der Waals surface area contributed by atoms with Crippen LogP contribution in [-0.4, -0.2) is 52.3 Å². The van der Waals surface area contributed by atoms with Gasteiger partial charge in [0.1, 0.15) is 26.2 Å². The van der Waals surface area contributed by atoms with E-state index < -0.39 is 32.7 Å². The molecule has 0 aromatic rings. The van der Waals surface area contributed by atoms with E-state index in [9.17, 15) is 9.50 Å². The Bertz CT molecular complexity index is 270. The minimum absolute atomic E-state index is 0.108. The summed E-state index contributed by atoms with van der Waals surface area (Å²) in [6, 6.07) is -0.544. The maximum absolute atomic E-state index is 13.4. The molecule has 0 bridgehead atoms. The summed E-state index contributed by atoms with van der Waals surface area (Å²) in [7, 11) is -0.221. The second-order valence-corrected chi connectivity index (χ2v) is 11.2. The maximum Gasteiger partial charge on any atom is 0.192 e. The van der Waals surface area contributed by atoms with Gasteiger partial charge in [0.25, 0.3) is 0 Å². The molecule has 1 aliphatic rings. The third-order valence-electron chi connectivity index (χ3n) is 3.96. The van der Waals surface area contributed by atoms with E-state index in [1.165, 1.54) is 0 Å². The SMILES string of the molecule is BC1O[C@H](CO[Si](C)(C)C(C)(C)C)C(O)C1F. The molecule has 100 valence electrons. The lowest BCUT2D eigenvalue weighted by molar-refractivity contribution is -0.00237. The van der Waals surface area contributed by atoms with Crippen LogP contribution in [0.5, 0.6) is 0 Å². The molecule has 17 heavy (non-hydrogen) atoms. The molecule has 1 N–H and O–H groups in total. The van der Waals surface area contributed by atoms with Gasteiger partial charge in [-0.1, -0.05) is 20.8 Å². The van der Waals surface area contributed by atoms with Crippen molar-refractivity contribution in [1.82, 2.24) is 0 Å². The summed E-state index contributed by atoms with van der Waals surface area (Å²) in [6.45, 7) is 11.0. The molecular formula is C11H24BFO3Si. The summed E-state index contributed by atoms with van der Waals surface area (Å²) in [5, 5.41) is 9.77. The molecule has 0 aromatic carbocycles. The highest BCUT2D eigenvalue weighted by Gasteiger charge is 2.44. The van der Waals surface area contributed by atoms with Crippen molar-refractivity contribution in [2.24, 2.45) is 0 Å². The first kappa shape index (κ1) is 15.2. The Morgan fingerprint density at radius 3 is 2.29 bits per heavy atom. The second-order valence-electron chi connectivity index (χ2n) is 6.39. The molecule has 6 heteroatoms. The molecule has 0 spiro atoms. The number of alkyl halides is 1. The summed E-state index contributed by atoms with van der Waals surface area (Å²) < 4.78 is 24.7. The smallest absolute Gasteiger partial charge is 0.192 e. The standard InChI is InChI=1S/C11H24BFO3Si/c1-11(2,3)17(4,5)15-6-7-9(14)8(13)10(12)16-7/h7-10,14H,6,12H2,1-5H3/t7-,8?,9?,10?/m1/s1. The van der Waals surface area contributed by atoms with Crippen LogP contribution in [0.15, 0.2) is 0 Å². The zero-order chi connectivity index (χ0) is 13.4. The quantitative estimate of drug-likeness (QED) is 0.773. The van der Waals surface area contributed by atoms with E-state index in [2.05, 4.69) is 33.9 Å². The van der Waals surface area contributed by atoms with E-state index in [4.69, 9.17) is 9.16 Å². The Labute approximate surface area is 105 Å². The average molecular weight is 262 g/mol. The number of aliphatic hydroxyl groups excluding tert-OH is 1. The third-order valence-corrected chi connectivity index (χ3v) is 8.46. The lowest BCUT2D eigenvalue weighted by Crippen LogP contribution is -2.44. The van der Waals surface area contributed by atoms with Gasteiger partial charge >= 0.3 is 0 Å². The van der Waals surface area contributed by atoms with Gasteiger partial charge < -0.3 is 14.3 Å². The summed E-state index contributed by atoms with van der Waals surface area (Å²) in [4.78, 5) is 0. The molecule has 1 fully saturated rings. The fraction of sp³-hybridized carbons (Fsp3) is 1.00. The van der Waals surface area contributed by atoms with Gasteiger partial charge in [-0.2, -0.15) is 0 Å². The van der Waals surface area contributed by atoms with Gasteiger partial charge in [0.2, 0.25) is 0 Å². The molecule has 3 nitrogen and oxygen atoms in total. The van der Waals surface area contributed by atoms with Crippen LogP contribution in [0.2, 0.25) is 18.1 Å². The second kappa shape index (κ2) is 4.99. The van der Waals surface area contributed by atoms with Crippen LogP contribution in [0, 0.1) is 0 Å². The molecule has 0 saturated carbocycles. The number of rotatable bonds is 3. The van der Waals surface area contributed by atoms with Crippen molar-refractivity contribution in [3.8, 4) is 0 Å². The van der Waals surface area contributed by atoms with Crippen LogP contribution in [0.1, 0.15) is 20.8 Å². The topological polar surface area (TPSA) is 38.7 Å². The molecule has 4 atom stereocenters. The van der Waals surface area contributed by atoms with Crippen LogP contribution < -0.4 is 0 Å². The predicted octanol–water partition coefficient (Wildman–Crippen LogP) is 1.07. The van der Waals surface area contributed by atoms with Crippen molar-refractivity contribution in [3.63, 3.8) is 0 Å². The van der Waals surface area contributed by atoms with Gasteiger partial charge in [0, 0.05) is 0 Å². The van der Waals surface area contributed by atoms with E-state index in [0.717, 1.165) is 0 Å². The summed E-state index contributed by atoms with van der Waals surface area (Å²) >= 11 is 0. The van der Waals surface area contributed by atoms with Crippen molar-refractivity contribution in [2.75, 3.05) is 6.61 Å². The summed E-state index contributed by atoms with van der Waals surface area (Å²) in [5.41, 5.74) is 0. The average Bonchev–Trinajstić information content (AvgIpc) is 2.41. The van der Waals surface area contributed by atoms with E-state index in [-0.39, 0.29) is 11.6 Å². The van der Waals surface area contributed by atoms with E-state index >= 15 is 0 Å². The Hall–Kier alpha value is 0.0918. The summed E-state index contributed by atoms with van der Waals surface area (Å²) in [6.07, 6.45) is -2.90. The van der Waals surface area contributed by atoms with Crippen molar-refractivity contribution in [2.45, 2.75) is 63.3 Å². The largest absolute Gasteiger partial charge is 0.414 e. The fourth-order valence-corrected chi connectivity index (χ4v) is 2.57. The van der Waals surface area contributed by atoms with E-state index in [0.29, 0.717) is 0 Å². The van der Waals surface area contributed by atoms with Crippen LogP contribution in [0.4, 0.5) is 4.39 Å². The zero-order valence-corrected chi connectivity index (χ0v) is 12.7. The molecule has 1 aliphatic heterocycles. The maximum atomic E-state index is 13.4. The number of aliphatic hydroxyl groups is 1. The van der Waals surface area contributed by atoms with Gasteiger partial charge in [0.15, 0.2) is 8.32 Å². The Morgan fingerprint density at radius 2 is 1.94 bits per heavy atom. The minimum Gasteiger partial charge on any atom is -0.414 e. The Balaban J connectivity index is 2.53. The first-order valence-electron chi connectivity index (χ1n) is 6.18. The molecule has 3 unspecified atom stereocenters. The lowest BCUT2D eigenvalue weighted by Gasteiger charge is -2.37. The highest BCUT2D eigenvalue weighted by Crippen LogP contribution is 2.37. The lowest BCUT2D eigenvalue weighted by atomic mass is 9.94. The number of hydrogen-bond acceptors (Lipinski definition) is 3. The minimum atomic E-state index is -1.86. The van der Waals surface area contributed by atoms with Crippen molar-refractivity contribution in [1.29, 1.82) is 0 Å². The molecule has 1 heterocycles. The fourth-order valence-electron chi connectivity index (χ4n) is 1.56. The Morgan fingerprint density at radius 1 is 1.41 bits per heavy atom. The van der Waals surface area contributed by atoms with Crippen LogP contribution >= 0.6 is 0 Å². The number of halogens is 1. The predicted molar refractivity (Wildman–Crippen MR) is 71.3 cm³/mol. The third kappa shape index (κ3) is 3.31. The van der Waals surface area contributed by atoms with Gasteiger partial charge in [-0.15, -0.1) is 0 Å². The molecule has 0 radical (unpaired) electrons. The van der Waals surface area contributed by atoms with Crippen molar-refractivity contribution >= 4 is 16.2 Å². The van der Waals surface area contributed by atoms with Crippen LogP contribution in [-0.2, 0) is 9.16 Å². The number of ether oxygens (including phenoxy) is 1. The molecule has 0 amide bonds. The highest BCUT2D eigenvalue weighted by molar-refractivity contribution is 6.74. The van der Waals surface area contributed by atoms with E-state index in [1.54, 1.807) is 7.85 Å². The zero-order valence-electron chi connectivity index (χ0n) is 11.7. The van der Waals surface area contributed by atoms with Gasteiger partial charge in [-0.3, -0.25) is 0 Å². The van der Waals surface area contributed by atoms with Gasteiger partial charge in [-0.05, 0) is 18.1 Å².